The molecule has 0 unspecified atom stereocenters. The highest BCUT2D eigenvalue weighted by atomic mass is 15.0. The van der Waals surface area contributed by atoms with Crippen molar-refractivity contribution in [2.75, 3.05) is 0 Å². The fourth-order valence-corrected chi connectivity index (χ4v) is 8.51. The van der Waals surface area contributed by atoms with E-state index < -0.39 is 0 Å². The molecule has 0 aliphatic heterocycles. The molecule has 11 rings (SSSR count). The number of para-hydroxylation sites is 1. The summed E-state index contributed by atoms with van der Waals surface area (Å²) < 4.78 is 2.42. The van der Waals surface area contributed by atoms with E-state index in [1.54, 1.807) is 0 Å². The Labute approximate surface area is 330 Å². The summed E-state index contributed by atoms with van der Waals surface area (Å²) in [6.45, 7) is 0. The van der Waals surface area contributed by atoms with Crippen LogP contribution >= 0.6 is 0 Å². The first-order chi connectivity index (χ1) is 28.3. The zero-order valence-corrected chi connectivity index (χ0v) is 31.0. The van der Waals surface area contributed by atoms with E-state index in [1.807, 2.05) is 24.3 Å². The number of rotatable bonds is 6. The number of nitrogens with zero attached hydrogens (tertiary/aromatic N) is 3. The van der Waals surface area contributed by atoms with Gasteiger partial charge in [0.1, 0.15) is 0 Å². The summed E-state index contributed by atoms with van der Waals surface area (Å²) in [5.41, 5.74) is 13.3. The van der Waals surface area contributed by atoms with E-state index in [2.05, 4.69) is 193 Å². The maximum atomic E-state index is 5.18. The molecule has 2 heterocycles. The zero-order chi connectivity index (χ0) is 37.7. The van der Waals surface area contributed by atoms with Crippen LogP contribution in [0.3, 0.4) is 0 Å². The second-order valence-corrected chi connectivity index (χ2v) is 14.6. The number of hydrogen-bond donors (Lipinski definition) is 0. The quantitative estimate of drug-likeness (QED) is 0.171. The Morgan fingerprint density at radius 3 is 1.68 bits per heavy atom. The van der Waals surface area contributed by atoms with E-state index >= 15 is 0 Å². The number of benzene rings is 9. The fraction of sp³-hybridized carbons (Fsp3) is 0. The molecule has 57 heavy (non-hydrogen) atoms. The molecule has 0 N–H and O–H groups in total. The lowest BCUT2D eigenvalue weighted by Crippen LogP contribution is -1.96. The van der Waals surface area contributed by atoms with E-state index in [9.17, 15) is 0 Å². The predicted octanol–water partition coefficient (Wildman–Crippen LogP) is 14.2. The molecule has 3 nitrogen and oxygen atoms in total. The lowest BCUT2D eigenvalue weighted by molar-refractivity contribution is 1.18. The summed E-state index contributed by atoms with van der Waals surface area (Å²) >= 11 is 0. The third-order valence-electron chi connectivity index (χ3n) is 11.2. The molecule has 9 aromatic carbocycles. The summed E-state index contributed by atoms with van der Waals surface area (Å²) in [5.74, 6) is 0.713. The van der Waals surface area contributed by atoms with Gasteiger partial charge in [0.2, 0.25) is 0 Å². The van der Waals surface area contributed by atoms with Gasteiger partial charge in [-0.05, 0) is 74.8 Å². The molecule has 0 saturated heterocycles. The molecule has 0 aliphatic carbocycles. The van der Waals surface area contributed by atoms with E-state index in [-0.39, 0.29) is 0 Å². The van der Waals surface area contributed by atoms with Crippen LogP contribution in [0.2, 0.25) is 0 Å². The standard InChI is InChI=1S/C54H35N3/c1-3-16-37(17-4-1)49-35-50(56-54(55-49)38-18-5-2-6-19-38)46-31-30-42(44-24-9-10-25-45(44)46)41-22-13-21-39(33-41)40-29-32-53-48(34-40)47-26-11-12-27-52(47)57(53)51-28-14-20-36-15-7-8-23-43(36)51/h1-35H. The molecule has 0 radical (unpaired) electrons. The lowest BCUT2D eigenvalue weighted by Gasteiger charge is -2.14. The van der Waals surface area contributed by atoms with Crippen molar-refractivity contribution in [3.05, 3.63) is 212 Å². The summed E-state index contributed by atoms with van der Waals surface area (Å²) in [6, 6.07) is 75.8. The minimum atomic E-state index is 0.713. The summed E-state index contributed by atoms with van der Waals surface area (Å²) in [6.07, 6.45) is 0. The number of aromatic nitrogens is 3. The molecule has 0 saturated carbocycles. The maximum absolute atomic E-state index is 5.18. The van der Waals surface area contributed by atoms with Crippen LogP contribution in [0, 0.1) is 0 Å². The molecule has 266 valence electrons. The second kappa shape index (κ2) is 13.6. The minimum absolute atomic E-state index is 0.713. The van der Waals surface area contributed by atoms with Crippen LogP contribution in [0.25, 0.3) is 105 Å². The Bertz CT molecular complexity index is 3230. The monoisotopic (exact) mass is 725 g/mol. The summed E-state index contributed by atoms with van der Waals surface area (Å²) in [5, 5.41) is 7.30. The van der Waals surface area contributed by atoms with Crippen molar-refractivity contribution >= 4 is 43.4 Å². The SMILES string of the molecule is c1ccc(-c2cc(-c3ccc(-c4cccc(-c5ccc6c(c5)c5ccccc5n6-c5cccc6ccccc56)c4)c4ccccc34)nc(-c3ccccc3)n2)cc1. The molecular weight excluding hydrogens is 691 g/mol. The van der Waals surface area contributed by atoms with Gasteiger partial charge >= 0.3 is 0 Å². The van der Waals surface area contributed by atoms with Crippen molar-refractivity contribution in [1.82, 2.24) is 14.5 Å². The molecule has 3 heteroatoms. The molecule has 0 amide bonds. The molecular formula is C54H35N3. The van der Waals surface area contributed by atoms with Crippen LogP contribution < -0.4 is 0 Å². The Morgan fingerprint density at radius 1 is 0.298 bits per heavy atom. The van der Waals surface area contributed by atoms with Crippen LogP contribution in [0.4, 0.5) is 0 Å². The van der Waals surface area contributed by atoms with Crippen molar-refractivity contribution in [2.24, 2.45) is 0 Å². The van der Waals surface area contributed by atoms with Gasteiger partial charge in [0, 0.05) is 32.8 Å². The number of fused-ring (bicyclic) bond motifs is 5. The normalized spacial score (nSPS) is 11.5. The molecule has 11 aromatic rings. The third-order valence-corrected chi connectivity index (χ3v) is 11.2. The van der Waals surface area contributed by atoms with E-state index in [0.29, 0.717) is 5.82 Å². The molecule has 0 fully saturated rings. The maximum Gasteiger partial charge on any atom is 0.160 e. The van der Waals surface area contributed by atoms with Crippen LogP contribution in [0.1, 0.15) is 0 Å². The van der Waals surface area contributed by atoms with Gasteiger partial charge in [-0.3, -0.25) is 0 Å². The van der Waals surface area contributed by atoms with Crippen molar-refractivity contribution in [3.8, 4) is 61.8 Å². The van der Waals surface area contributed by atoms with Crippen LogP contribution in [-0.2, 0) is 0 Å². The van der Waals surface area contributed by atoms with Crippen molar-refractivity contribution in [1.29, 1.82) is 0 Å². The second-order valence-electron chi connectivity index (χ2n) is 14.6. The molecule has 2 aromatic heterocycles. The molecule has 0 spiro atoms. The Kier molecular flexibility index (Phi) is 7.82. The van der Waals surface area contributed by atoms with E-state index in [4.69, 9.17) is 9.97 Å². The van der Waals surface area contributed by atoms with Crippen molar-refractivity contribution in [3.63, 3.8) is 0 Å². The minimum Gasteiger partial charge on any atom is -0.309 e. The first-order valence-corrected chi connectivity index (χ1v) is 19.4. The summed E-state index contributed by atoms with van der Waals surface area (Å²) in [7, 11) is 0. The van der Waals surface area contributed by atoms with Gasteiger partial charge in [-0.15, -0.1) is 0 Å². The fourth-order valence-electron chi connectivity index (χ4n) is 8.51. The largest absolute Gasteiger partial charge is 0.309 e. The van der Waals surface area contributed by atoms with Gasteiger partial charge < -0.3 is 4.57 Å². The van der Waals surface area contributed by atoms with Crippen LogP contribution in [0.15, 0.2) is 212 Å². The highest BCUT2D eigenvalue weighted by Gasteiger charge is 2.17. The number of hydrogen-bond acceptors (Lipinski definition) is 2. The summed E-state index contributed by atoms with van der Waals surface area (Å²) in [4.78, 5) is 10.2. The van der Waals surface area contributed by atoms with Crippen molar-refractivity contribution < 1.29 is 0 Å². The van der Waals surface area contributed by atoms with Gasteiger partial charge in [-0.2, -0.15) is 0 Å². The topological polar surface area (TPSA) is 30.7 Å². The van der Waals surface area contributed by atoms with Crippen molar-refractivity contribution in [2.45, 2.75) is 0 Å². The lowest BCUT2D eigenvalue weighted by atomic mass is 9.92. The predicted molar refractivity (Wildman–Crippen MR) is 239 cm³/mol. The third kappa shape index (κ3) is 5.68. The molecule has 0 bridgehead atoms. The van der Waals surface area contributed by atoms with Gasteiger partial charge in [0.15, 0.2) is 5.82 Å². The first-order valence-electron chi connectivity index (χ1n) is 19.4. The average molecular weight is 726 g/mol. The highest BCUT2D eigenvalue weighted by molar-refractivity contribution is 6.12. The van der Waals surface area contributed by atoms with Gasteiger partial charge in [-0.1, -0.05) is 176 Å². The van der Waals surface area contributed by atoms with Gasteiger partial charge in [0.25, 0.3) is 0 Å². The van der Waals surface area contributed by atoms with Gasteiger partial charge in [-0.25, -0.2) is 9.97 Å². The Hall–Kier alpha value is -7.62. The molecule has 0 aliphatic rings. The average Bonchev–Trinajstić information content (AvgIpc) is 3.62. The zero-order valence-electron chi connectivity index (χ0n) is 31.0. The van der Waals surface area contributed by atoms with E-state index in [1.165, 1.54) is 65.9 Å². The Balaban J connectivity index is 1.03. The first kappa shape index (κ1) is 32.8. The molecule has 0 atom stereocenters. The smallest absolute Gasteiger partial charge is 0.160 e. The highest BCUT2D eigenvalue weighted by Crippen LogP contribution is 2.40. The van der Waals surface area contributed by atoms with Crippen LogP contribution in [-0.4, -0.2) is 14.5 Å². The van der Waals surface area contributed by atoms with Crippen LogP contribution in [0.5, 0.6) is 0 Å². The van der Waals surface area contributed by atoms with E-state index in [0.717, 1.165) is 33.5 Å². The Morgan fingerprint density at radius 2 is 0.860 bits per heavy atom. The van der Waals surface area contributed by atoms with Gasteiger partial charge in [0.05, 0.1) is 28.1 Å².